The molecule has 3 nitrogen and oxygen atoms in total. The summed E-state index contributed by atoms with van der Waals surface area (Å²) in [6.07, 6.45) is -3.38. The highest BCUT2D eigenvalue weighted by atomic mass is 32.2. The fourth-order valence-corrected chi connectivity index (χ4v) is 3.87. The monoisotopic (exact) mass is 341 g/mol. The lowest BCUT2D eigenvalue weighted by Crippen LogP contribution is -2.14. The highest BCUT2D eigenvalue weighted by Gasteiger charge is 2.33. The molecule has 0 aliphatic carbocycles. The van der Waals surface area contributed by atoms with Crippen LogP contribution in [0.5, 0.6) is 0 Å². The molecule has 1 rings (SSSR count). The second-order valence-electron chi connectivity index (χ2n) is 4.59. The zero-order valence-corrected chi connectivity index (χ0v) is 13.5. The molecule has 0 amide bonds. The highest BCUT2D eigenvalue weighted by Crippen LogP contribution is 2.37. The highest BCUT2D eigenvalue weighted by molar-refractivity contribution is 8.00. The molecule has 0 saturated carbocycles. The minimum absolute atomic E-state index is 0.0615. The van der Waals surface area contributed by atoms with Crippen LogP contribution in [0.2, 0.25) is 0 Å². The van der Waals surface area contributed by atoms with Gasteiger partial charge in [-0.15, -0.1) is 11.8 Å². The maximum Gasteiger partial charge on any atom is 0.417 e. The van der Waals surface area contributed by atoms with Crippen molar-refractivity contribution >= 4 is 21.6 Å². The van der Waals surface area contributed by atoms with Crippen LogP contribution in [0.4, 0.5) is 13.2 Å². The van der Waals surface area contributed by atoms with Crippen LogP contribution in [0.1, 0.15) is 18.1 Å². The number of hydrogen-bond acceptors (Lipinski definition) is 4. The number of nitrogens with one attached hydrogen (secondary N) is 1. The molecule has 1 aromatic rings. The van der Waals surface area contributed by atoms with Crippen molar-refractivity contribution in [2.75, 3.05) is 24.3 Å². The molecule has 120 valence electrons. The van der Waals surface area contributed by atoms with E-state index in [9.17, 15) is 21.6 Å². The van der Waals surface area contributed by atoms with E-state index < -0.39 is 21.6 Å². The van der Waals surface area contributed by atoms with Crippen molar-refractivity contribution in [3.63, 3.8) is 0 Å². The predicted molar refractivity (Wildman–Crippen MR) is 79.3 cm³/mol. The third-order valence-electron chi connectivity index (χ3n) is 2.64. The second kappa shape index (κ2) is 7.51. The molecule has 1 N–H and O–H groups in total. The number of halogens is 3. The summed E-state index contributed by atoms with van der Waals surface area (Å²) < 4.78 is 61.2. The first-order chi connectivity index (χ1) is 9.63. The van der Waals surface area contributed by atoms with Gasteiger partial charge in [-0.3, -0.25) is 0 Å². The van der Waals surface area contributed by atoms with Crippen LogP contribution in [-0.4, -0.2) is 32.7 Å². The lowest BCUT2D eigenvalue weighted by Gasteiger charge is -2.14. The summed E-state index contributed by atoms with van der Waals surface area (Å²) in [5.41, 5.74) is -0.159. The zero-order chi connectivity index (χ0) is 16.1. The van der Waals surface area contributed by atoms with Gasteiger partial charge < -0.3 is 5.32 Å². The zero-order valence-electron chi connectivity index (χ0n) is 11.8. The molecule has 0 saturated heterocycles. The third-order valence-corrected chi connectivity index (χ3v) is 4.92. The summed E-state index contributed by atoms with van der Waals surface area (Å²) in [4.78, 5) is 0.0615. The van der Waals surface area contributed by atoms with Crippen LogP contribution in [0, 0.1) is 0 Å². The molecule has 0 spiro atoms. The van der Waals surface area contributed by atoms with Gasteiger partial charge >= 0.3 is 6.18 Å². The van der Waals surface area contributed by atoms with Crippen LogP contribution < -0.4 is 5.32 Å². The minimum Gasteiger partial charge on any atom is -0.313 e. The van der Waals surface area contributed by atoms with Crippen LogP contribution in [0.3, 0.4) is 0 Å². The number of rotatable bonds is 7. The Morgan fingerprint density at radius 2 is 1.95 bits per heavy atom. The first-order valence-corrected chi connectivity index (χ1v) is 9.39. The van der Waals surface area contributed by atoms with Crippen molar-refractivity contribution in [2.24, 2.45) is 0 Å². The van der Waals surface area contributed by atoms with Crippen molar-refractivity contribution in [1.82, 2.24) is 5.32 Å². The van der Waals surface area contributed by atoms with E-state index in [0.717, 1.165) is 24.1 Å². The summed E-state index contributed by atoms with van der Waals surface area (Å²) in [6.45, 7) is 2.92. The average Bonchev–Trinajstić information content (AvgIpc) is 2.34. The normalized spacial score (nSPS) is 12.6. The van der Waals surface area contributed by atoms with E-state index in [1.807, 2.05) is 6.92 Å². The first-order valence-electron chi connectivity index (χ1n) is 6.35. The largest absolute Gasteiger partial charge is 0.417 e. The maximum atomic E-state index is 13.1. The number of alkyl halides is 3. The average molecular weight is 341 g/mol. The lowest BCUT2D eigenvalue weighted by atomic mass is 10.1. The summed E-state index contributed by atoms with van der Waals surface area (Å²) in [5, 5.41) is 2.97. The number of hydrogen-bond donors (Lipinski definition) is 1. The lowest BCUT2D eigenvalue weighted by molar-refractivity contribution is -0.139. The van der Waals surface area contributed by atoms with E-state index in [1.165, 1.54) is 6.07 Å². The van der Waals surface area contributed by atoms with Crippen molar-refractivity contribution in [1.29, 1.82) is 0 Å². The first kappa shape index (κ1) is 18.3. The number of sulfone groups is 1. The smallest absolute Gasteiger partial charge is 0.313 e. The minimum atomic E-state index is -4.45. The molecule has 0 bridgehead atoms. The van der Waals surface area contributed by atoms with Gasteiger partial charge in [0, 0.05) is 23.4 Å². The van der Waals surface area contributed by atoms with Gasteiger partial charge in [0.15, 0.2) is 0 Å². The fraction of sp³-hybridized carbons (Fsp3) is 0.538. The Hall–Kier alpha value is -0.730. The van der Waals surface area contributed by atoms with Gasteiger partial charge in [0.05, 0.1) is 11.3 Å². The van der Waals surface area contributed by atoms with Crippen molar-refractivity contribution in [3.8, 4) is 0 Å². The maximum absolute atomic E-state index is 13.1. The molecule has 0 atom stereocenters. The van der Waals surface area contributed by atoms with E-state index in [4.69, 9.17) is 0 Å². The molecule has 0 aliphatic heterocycles. The van der Waals surface area contributed by atoms with Gasteiger partial charge in [0.25, 0.3) is 0 Å². The van der Waals surface area contributed by atoms with E-state index in [-0.39, 0.29) is 16.4 Å². The molecule has 0 aromatic heterocycles. The molecule has 0 radical (unpaired) electrons. The van der Waals surface area contributed by atoms with Crippen LogP contribution in [0.25, 0.3) is 0 Å². The van der Waals surface area contributed by atoms with E-state index in [0.29, 0.717) is 18.7 Å². The van der Waals surface area contributed by atoms with Crippen molar-refractivity contribution in [2.45, 2.75) is 24.5 Å². The molecule has 0 unspecified atom stereocenters. The van der Waals surface area contributed by atoms with Gasteiger partial charge in [-0.05, 0) is 24.2 Å². The summed E-state index contributed by atoms with van der Waals surface area (Å²) in [5.74, 6) is -0.0391. The Morgan fingerprint density at radius 3 is 2.48 bits per heavy atom. The SMILES string of the molecule is CCNCc1ccc(SCCS(C)(=O)=O)c(C(F)(F)F)c1. The third kappa shape index (κ3) is 6.71. The molecule has 21 heavy (non-hydrogen) atoms. The quantitative estimate of drug-likeness (QED) is 0.775. The Bertz CT molecular complexity index is 571. The van der Waals surface area contributed by atoms with Gasteiger partial charge in [0.1, 0.15) is 9.84 Å². The van der Waals surface area contributed by atoms with Crippen LogP contribution in [0.15, 0.2) is 23.1 Å². The van der Waals surface area contributed by atoms with Gasteiger partial charge in [-0.1, -0.05) is 13.0 Å². The molecule has 0 aliphatic rings. The summed E-state index contributed by atoms with van der Waals surface area (Å²) >= 11 is 0.914. The standard InChI is InChI=1S/C13H18F3NO2S2/c1-3-17-9-10-4-5-12(11(8-10)13(14,15)16)20-6-7-21(2,18)19/h4-5,8,17H,3,6-7,9H2,1-2H3. The topological polar surface area (TPSA) is 46.2 Å². The summed E-state index contributed by atoms with van der Waals surface area (Å²) in [7, 11) is -3.17. The molecule has 8 heteroatoms. The number of benzene rings is 1. The second-order valence-corrected chi connectivity index (χ2v) is 7.98. The molecular formula is C13H18F3NO2S2. The van der Waals surface area contributed by atoms with Crippen LogP contribution >= 0.6 is 11.8 Å². The number of thioether (sulfide) groups is 1. The Kier molecular flexibility index (Phi) is 6.55. The van der Waals surface area contributed by atoms with Crippen molar-refractivity contribution in [3.05, 3.63) is 29.3 Å². The van der Waals surface area contributed by atoms with E-state index in [2.05, 4.69) is 5.32 Å². The fourth-order valence-electron chi connectivity index (χ4n) is 1.61. The van der Waals surface area contributed by atoms with Crippen molar-refractivity contribution < 1.29 is 21.6 Å². The molecular weight excluding hydrogens is 323 g/mol. The molecule has 0 heterocycles. The Morgan fingerprint density at radius 1 is 1.29 bits per heavy atom. The van der Waals surface area contributed by atoms with E-state index in [1.54, 1.807) is 6.07 Å². The Labute approximate surface area is 127 Å². The Balaban J connectivity index is 2.92. The van der Waals surface area contributed by atoms with E-state index >= 15 is 0 Å². The van der Waals surface area contributed by atoms with Gasteiger partial charge in [-0.25, -0.2) is 8.42 Å². The molecule has 0 fully saturated rings. The van der Waals surface area contributed by atoms with Crippen LogP contribution in [-0.2, 0) is 22.6 Å². The predicted octanol–water partition coefficient (Wildman–Crippen LogP) is 2.95. The summed E-state index contributed by atoms with van der Waals surface area (Å²) in [6, 6.07) is 4.15. The molecule has 1 aromatic carbocycles. The van der Waals surface area contributed by atoms with Gasteiger partial charge in [0.2, 0.25) is 0 Å². The van der Waals surface area contributed by atoms with Gasteiger partial charge in [-0.2, -0.15) is 13.2 Å².